The molecule has 0 heterocycles. The fourth-order valence-electron chi connectivity index (χ4n) is 1.08. The van der Waals surface area contributed by atoms with Gasteiger partial charge in [-0.3, -0.25) is 0 Å². The van der Waals surface area contributed by atoms with Crippen LogP contribution in [-0.4, -0.2) is 16.8 Å². The molecule has 0 aromatic heterocycles. The maximum atomic E-state index is 13.3. The van der Waals surface area contributed by atoms with Crippen LogP contribution in [0.5, 0.6) is 5.75 Å². The minimum atomic E-state index is -3.13. The number of benzene rings is 1. The molecule has 1 rings (SSSR count). The predicted octanol–water partition coefficient (Wildman–Crippen LogP) is 2.63. The minimum Gasteiger partial charge on any atom is -0.507 e. The molecule has 5 heteroatoms. The summed E-state index contributed by atoms with van der Waals surface area (Å²) in [5.41, 5.74) is -0.313. The van der Waals surface area contributed by atoms with Crippen molar-refractivity contribution < 1.29 is 19.0 Å². The van der Waals surface area contributed by atoms with Crippen LogP contribution in [0.25, 0.3) is 0 Å². The van der Waals surface area contributed by atoms with Crippen LogP contribution in [0.1, 0.15) is 12.0 Å². The molecule has 14 heavy (non-hydrogen) atoms. The van der Waals surface area contributed by atoms with Gasteiger partial charge in [-0.1, -0.05) is 12.1 Å². The Balaban J connectivity index is 3.12. The molecule has 78 valence electrons. The Morgan fingerprint density at radius 3 is 2.57 bits per heavy atom. The summed E-state index contributed by atoms with van der Waals surface area (Å²) in [6.45, 7) is -0.602. The van der Waals surface area contributed by atoms with Crippen molar-refractivity contribution in [1.82, 2.24) is 0 Å². The number of aliphatic hydroxyl groups is 1. The number of halogens is 3. The fourth-order valence-corrected chi connectivity index (χ4v) is 1.63. The van der Waals surface area contributed by atoms with E-state index in [1.54, 1.807) is 0 Å². The number of hydrogen-bond acceptors (Lipinski definition) is 2. The topological polar surface area (TPSA) is 40.5 Å². The van der Waals surface area contributed by atoms with Crippen molar-refractivity contribution in [3.05, 3.63) is 28.2 Å². The van der Waals surface area contributed by atoms with Crippen LogP contribution < -0.4 is 0 Å². The van der Waals surface area contributed by atoms with Gasteiger partial charge in [0.2, 0.25) is 0 Å². The van der Waals surface area contributed by atoms with Gasteiger partial charge in [0.15, 0.2) is 0 Å². The van der Waals surface area contributed by atoms with Gasteiger partial charge < -0.3 is 10.2 Å². The highest BCUT2D eigenvalue weighted by Crippen LogP contribution is 2.39. The zero-order chi connectivity index (χ0) is 10.8. The van der Waals surface area contributed by atoms with E-state index < -0.39 is 19.0 Å². The highest BCUT2D eigenvalue weighted by Gasteiger charge is 2.33. The lowest BCUT2D eigenvalue weighted by Gasteiger charge is -2.17. The standard InChI is InChI=1S/C9H9BrF2O2/c10-8-6(2-1-3-7(8)14)9(11,12)4-5-13/h1-3,13-14H,4-5H2. The number of aliphatic hydroxyl groups excluding tert-OH is 1. The summed E-state index contributed by atoms with van der Waals surface area (Å²) < 4.78 is 26.6. The van der Waals surface area contributed by atoms with Gasteiger partial charge in [0.1, 0.15) is 5.75 Å². The average Bonchev–Trinajstić information content (AvgIpc) is 2.09. The van der Waals surface area contributed by atoms with Crippen LogP contribution >= 0.6 is 15.9 Å². The third kappa shape index (κ3) is 2.22. The number of phenolic OH excluding ortho intramolecular Hbond substituents is 1. The monoisotopic (exact) mass is 266 g/mol. The molecular formula is C9H9BrF2O2. The van der Waals surface area contributed by atoms with Crippen molar-refractivity contribution in [2.24, 2.45) is 0 Å². The van der Waals surface area contributed by atoms with E-state index in [0.29, 0.717) is 0 Å². The fraction of sp³-hybridized carbons (Fsp3) is 0.333. The summed E-state index contributed by atoms with van der Waals surface area (Å²) in [4.78, 5) is 0. The van der Waals surface area contributed by atoms with Gasteiger partial charge in [-0.05, 0) is 22.0 Å². The number of rotatable bonds is 3. The van der Waals surface area contributed by atoms with Gasteiger partial charge in [-0.2, -0.15) is 0 Å². The van der Waals surface area contributed by atoms with Gasteiger partial charge in [0.05, 0.1) is 4.47 Å². The van der Waals surface area contributed by atoms with Crippen molar-refractivity contribution >= 4 is 15.9 Å². The van der Waals surface area contributed by atoms with E-state index in [0.717, 1.165) is 0 Å². The summed E-state index contributed by atoms with van der Waals surface area (Å²) in [7, 11) is 0. The first kappa shape index (κ1) is 11.4. The zero-order valence-electron chi connectivity index (χ0n) is 7.17. The Bertz CT molecular complexity index is 329. The quantitative estimate of drug-likeness (QED) is 0.883. The zero-order valence-corrected chi connectivity index (χ0v) is 8.76. The van der Waals surface area contributed by atoms with Gasteiger partial charge in [-0.15, -0.1) is 0 Å². The van der Waals surface area contributed by atoms with Crippen LogP contribution in [0, 0.1) is 0 Å². The lowest BCUT2D eigenvalue weighted by molar-refractivity contribution is -0.0278. The Kier molecular flexibility index (Phi) is 3.44. The van der Waals surface area contributed by atoms with E-state index in [4.69, 9.17) is 5.11 Å². The first-order valence-electron chi connectivity index (χ1n) is 3.95. The van der Waals surface area contributed by atoms with Crippen LogP contribution in [0.4, 0.5) is 8.78 Å². The molecule has 0 aliphatic rings. The number of aromatic hydroxyl groups is 1. The van der Waals surface area contributed by atoms with Crippen molar-refractivity contribution in [2.45, 2.75) is 12.3 Å². The second-order valence-electron chi connectivity index (χ2n) is 2.82. The van der Waals surface area contributed by atoms with Crippen molar-refractivity contribution in [2.75, 3.05) is 6.61 Å². The van der Waals surface area contributed by atoms with E-state index in [1.165, 1.54) is 18.2 Å². The minimum absolute atomic E-state index is 0.0292. The second kappa shape index (κ2) is 4.23. The Morgan fingerprint density at radius 1 is 1.36 bits per heavy atom. The van der Waals surface area contributed by atoms with Gasteiger partial charge in [0, 0.05) is 18.6 Å². The first-order valence-corrected chi connectivity index (χ1v) is 4.75. The predicted molar refractivity (Wildman–Crippen MR) is 51.4 cm³/mol. The van der Waals surface area contributed by atoms with E-state index in [2.05, 4.69) is 15.9 Å². The molecule has 0 radical (unpaired) electrons. The van der Waals surface area contributed by atoms with Gasteiger partial charge >= 0.3 is 0 Å². The van der Waals surface area contributed by atoms with E-state index in [1.807, 2.05) is 0 Å². The molecule has 0 atom stereocenters. The summed E-state index contributed by atoms with van der Waals surface area (Å²) in [5, 5.41) is 17.7. The SMILES string of the molecule is OCCC(F)(F)c1cccc(O)c1Br. The largest absolute Gasteiger partial charge is 0.507 e. The maximum Gasteiger partial charge on any atom is 0.276 e. The van der Waals surface area contributed by atoms with Crippen molar-refractivity contribution in [1.29, 1.82) is 0 Å². The van der Waals surface area contributed by atoms with Gasteiger partial charge in [0.25, 0.3) is 5.92 Å². The molecule has 1 aromatic carbocycles. The smallest absolute Gasteiger partial charge is 0.276 e. The molecular weight excluding hydrogens is 258 g/mol. The number of hydrogen-bond donors (Lipinski definition) is 2. The van der Waals surface area contributed by atoms with E-state index in [9.17, 15) is 13.9 Å². The third-order valence-electron chi connectivity index (χ3n) is 1.80. The molecule has 1 aromatic rings. The molecule has 0 spiro atoms. The van der Waals surface area contributed by atoms with Gasteiger partial charge in [-0.25, -0.2) is 8.78 Å². The lowest BCUT2D eigenvalue weighted by Crippen LogP contribution is -2.15. The molecule has 2 N–H and O–H groups in total. The molecule has 0 aliphatic heterocycles. The van der Waals surface area contributed by atoms with Crippen LogP contribution in [-0.2, 0) is 5.92 Å². The first-order chi connectivity index (χ1) is 6.49. The van der Waals surface area contributed by atoms with Crippen LogP contribution in [0.15, 0.2) is 22.7 Å². The highest BCUT2D eigenvalue weighted by molar-refractivity contribution is 9.10. The van der Waals surface area contributed by atoms with Crippen molar-refractivity contribution in [3.63, 3.8) is 0 Å². The Morgan fingerprint density at radius 2 is 2.00 bits per heavy atom. The molecule has 0 unspecified atom stereocenters. The maximum absolute atomic E-state index is 13.3. The molecule has 2 nitrogen and oxygen atoms in total. The summed E-state index contributed by atoms with van der Waals surface area (Å²) in [6.07, 6.45) is -0.658. The summed E-state index contributed by atoms with van der Waals surface area (Å²) >= 11 is 2.87. The summed E-state index contributed by atoms with van der Waals surface area (Å²) in [6, 6.07) is 3.85. The van der Waals surface area contributed by atoms with Crippen molar-refractivity contribution in [3.8, 4) is 5.75 Å². The van der Waals surface area contributed by atoms with E-state index in [-0.39, 0.29) is 15.8 Å². The molecule has 0 amide bonds. The number of phenols is 1. The second-order valence-corrected chi connectivity index (χ2v) is 3.61. The Hall–Kier alpha value is -0.680. The molecule has 0 saturated heterocycles. The molecule has 0 fully saturated rings. The average molecular weight is 267 g/mol. The molecule has 0 bridgehead atoms. The third-order valence-corrected chi connectivity index (χ3v) is 2.63. The van der Waals surface area contributed by atoms with Crippen LogP contribution in [0.2, 0.25) is 0 Å². The summed E-state index contributed by atoms with van der Waals surface area (Å²) in [5.74, 6) is -3.37. The van der Waals surface area contributed by atoms with Crippen LogP contribution in [0.3, 0.4) is 0 Å². The molecule has 0 saturated carbocycles. The normalized spacial score (nSPS) is 11.7. The van der Waals surface area contributed by atoms with E-state index >= 15 is 0 Å². The lowest BCUT2D eigenvalue weighted by atomic mass is 10.1. The number of alkyl halides is 2. The molecule has 0 aliphatic carbocycles. The highest BCUT2D eigenvalue weighted by atomic mass is 79.9. The Labute approximate surface area is 88.3 Å².